The van der Waals surface area contributed by atoms with E-state index in [1.54, 1.807) is 0 Å². The third-order valence-electron chi connectivity index (χ3n) is 8.10. The Balaban J connectivity index is 0.000000154. The van der Waals surface area contributed by atoms with Crippen LogP contribution in [-0.4, -0.2) is 50.6 Å². The Kier molecular flexibility index (Phi) is 7.86. The van der Waals surface area contributed by atoms with Gasteiger partial charge in [-0.1, -0.05) is 12.2 Å². The van der Waals surface area contributed by atoms with E-state index in [1.807, 2.05) is 0 Å². The van der Waals surface area contributed by atoms with Gasteiger partial charge in [-0.05, 0) is 63.2 Å². The zero-order valence-electron chi connectivity index (χ0n) is 19.5. The largest absolute Gasteiger partial charge is 0.348 e. The number of hydrogen-bond donors (Lipinski definition) is 0. The smallest absolute Gasteiger partial charge is 0.169 e. The summed E-state index contributed by atoms with van der Waals surface area (Å²) in [4.78, 5) is 21.8. The maximum Gasteiger partial charge on any atom is 0.169 e. The first kappa shape index (κ1) is 24.1. The molecule has 6 nitrogen and oxygen atoms in total. The van der Waals surface area contributed by atoms with E-state index in [2.05, 4.69) is 12.2 Å². The Morgan fingerprint density at radius 2 is 1.38 bits per heavy atom. The average Bonchev–Trinajstić information content (AvgIpc) is 3.45. The summed E-state index contributed by atoms with van der Waals surface area (Å²) >= 11 is 0. The second-order valence-corrected chi connectivity index (χ2v) is 10.5. The summed E-state index contributed by atoms with van der Waals surface area (Å²) in [5.41, 5.74) is 0.0619. The van der Waals surface area contributed by atoms with Crippen LogP contribution in [-0.2, 0) is 28.5 Å². The zero-order valence-corrected chi connectivity index (χ0v) is 19.5. The molecule has 3 aliphatic carbocycles. The molecule has 2 saturated heterocycles. The molecule has 5 rings (SSSR count). The van der Waals surface area contributed by atoms with Crippen LogP contribution in [0.4, 0.5) is 0 Å². The maximum atomic E-state index is 11.4. The molecule has 0 amide bonds. The molecule has 0 unspecified atom stereocenters. The number of rotatable bonds is 5. The van der Waals surface area contributed by atoms with Crippen molar-refractivity contribution in [3.63, 3.8) is 0 Å². The van der Waals surface area contributed by atoms with Crippen molar-refractivity contribution in [2.75, 3.05) is 26.4 Å². The van der Waals surface area contributed by atoms with E-state index in [0.29, 0.717) is 31.5 Å². The number of hydrogen-bond acceptors (Lipinski definition) is 6. The lowest BCUT2D eigenvalue weighted by Crippen LogP contribution is -2.43. The van der Waals surface area contributed by atoms with Crippen molar-refractivity contribution in [2.24, 2.45) is 10.8 Å². The molecule has 5 aliphatic rings. The molecule has 0 aromatic heterocycles. The molecule has 4 fully saturated rings. The number of allylic oxidation sites excluding steroid dienone is 2. The predicted octanol–water partition coefficient (Wildman–Crippen LogP) is 4.89. The van der Waals surface area contributed by atoms with E-state index >= 15 is 0 Å². The Morgan fingerprint density at radius 1 is 0.750 bits per heavy atom. The summed E-state index contributed by atoms with van der Waals surface area (Å²) in [5, 5.41) is 0. The van der Waals surface area contributed by atoms with Crippen LogP contribution in [0.3, 0.4) is 0 Å². The van der Waals surface area contributed by atoms with Crippen molar-refractivity contribution < 1.29 is 28.5 Å². The monoisotopic (exact) mass is 448 g/mol. The molecule has 2 atom stereocenters. The molecule has 2 aliphatic heterocycles. The van der Waals surface area contributed by atoms with Crippen LogP contribution in [0.15, 0.2) is 12.2 Å². The lowest BCUT2D eigenvalue weighted by Gasteiger charge is -2.44. The Labute approximate surface area is 192 Å². The van der Waals surface area contributed by atoms with Gasteiger partial charge in [0.2, 0.25) is 0 Å². The van der Waals surface area contributed by atoms with Crippen molar-refractivity contribution in [2.45, 2.75) is 101 Å². The van der Waals surface area contributed by atoms with Crippen molar-refractivity contribution in [1.29, 1.82) is 0 Å². The molecule has 2 heterocycles. The van der Waals surface area contributed by atoms with Gasteiger partial charge in [0.15, 0.2) is 11.6 Å². The first-order valence-corrected chi connectivity index (χ1v) is 12.7. The maximum absolute atomic E-state index is 11.4. The highest BCUT2D eigenvalue weighted by atomic mass is 16.7. The van der Waals surface area contributed by atoms with Gasteiger partial charge in [-0.25, -0.2) is 0 Å². The van der Waals surface area contributed by atoms with E-state index in [-0.39, 0.29) is 11.2 Å². The van der Waals surface area contributed by atoms with Gasteiger partial charge in [0.1, 0.15) is 12.6 Å². The van der Waals surface area contributed by atoms with Gasteiger partial charge in [0, 0.05) is 37.5 Å². The number of ether oxygens (including phenoxy) is 4. The minimum absolute atomic E-state index is 0.208. The van der Waals surface area contributed by atoms with Crippen LogP contribution in [0, 0.1) is 10.8 Å². The third kappa shape index (κ3) is 5.52. The van der Waals surface area contributed by atoms with Gasteiger partial charge >= 0.3 is 0 Å². The minimum atomic E-state index is -0.514. The van der Waals surface area contributed by atoms with Gasteiger partial charge in [0.25, 0.3) is 0 Å². The van der Waals surface area contributed by atoms with Crippen molar-refractivity contribution in [1.82, 2.24) is 0 Å². The molecule has 0 radical (unpaired) electrons. The summed E-state index contributed by atoms with van der Waals surface area (Å²) in [6, 6.07) is 0. The zero-order chi connectivity index (χ0) is 22.4. The summed E-state index contributed by atoms with van der Waals surface area (Å²) < 4.78 is 23.1. The number of carbonyl (C=O) groups is 2. The first-order chi connectivity index (χ1) is 15.6. The summed E-state index contributed by atoms with van der Waals surface area (Å²) in [7, 11) is 0. The fraction of sp³-hybridized carbons (Fsp3) is 0.846. The van der Waals surface area contributed by atoms with Crippen molar-refractivity contribution in [3.05, 3.63) is 12.2 Å². The number of carbonyl (C=O) groups excluding carboxylic acids is 2. The van der Waals surface area contributed by atoms with Crippen LogP contribution >= 0.6 is 0 Å². The fourth-order valence-electron chi connectivity index (χ4n) is 6.59. The Hall–Kier alpha value is -1.08. The molecule has 2 saturated carbocycles. The van der Waals surface area contributed by atoms with Gasteiger partial charge in [-0.15, -0.1) is 0 Å². The van der Waals surface area contributed by atoms with Crippen LogP contribution < -0.4 is 0 Å². The van der Waals surface area contributed by atoms with Gasteiger partial charge in [-0.2, -0.15) is 0 Å². The molecule has 0 bridgehead atoms. The van der Waals surface area contributed by atoms with Gasteiger partial charge < -0.3 is 28.5 Å². The lowest BCUT2D eigenvalue weighted by molar-refractivity contribution is -0.201. The molecular weight excluding hydrogens is 408 g/mol. The molecule has 180 valence electrons. The number of unbranched alkanes of at least 4 members (excludes halogenated alkanes) is 1. The molecule has 0 aromatic rings. The first-order valence-electron chi connectivity index (χ1n) is 12.7. The summed E-state index contributed by atoms with van der Waals surface area (Å²) in [5.74, 6) is -0.722. The van der Waals surface area contributed by atoms with Gasteiger partial charge in [0.05, 0.1) is 26.4 Å². The average molecular weight is 449 g/mol. The highest BCUT2D eigenvalue weighted by Gasteiger charge is 2.49. The highest BCUT2D eigenvalue weighted by molar-refractivity contribution is 5.60. The SMILES string of the molecule is C1=C[C@]2(CCC1)CCCC1(C2)OCCO1.O=CCCC[C@@]1(C=O)CCCC2(C1)OCCO2. The topological polar surface area (TPSA) is 71.1 Å². The second kappa shape index (κ2) is 10.5. The quantitative estimate of drug-likeness (QED) is 0.339. The minimum Gasteiger partial charge on any atom is -0.348 e. The predicted molar refractivity (Wildman–Crippen MR) is 120 cm³/mol. The Bertz CT molecular complexity index is 663. The van der Waals surface area contributed by atoms with Crippen LogP contribution in [0.2, 0.25) is 0 Å². The molecule has 0 aromatic carbocycles. The van der Waals surface area contributed by atoms with E-state index in [4.69, 9.17) is 18.9 Å². The fourth-order valence-corrected chi connectivity index (χ4v) is 6.59. The molecular formula is C26H40O6. The number of aldehydes is 2. The summed E-state index contributed by atoms with van der Waals surface area (Å²) in [6.45, 7) is 2.84. The highest BCUT2D eigenvalue weighted by Crippen LogP contribution is 2.50. The second-order valence-electron chi connectivity index (χ2n) is 10.5. The normalized spacial score (nSPS) is 35.0. The van der Waals surface area contributed by atoms with E-state index < -0.39 is 5.79 Å². The molecule has 32 heavy (non-hydrogen) atoms. The standard InChI is InChI=1S/C13H20O4.C13H20O2/c14-7-2-1-4-12(11-15)5-3-6-13(10-12)16-8-9-17-13;1-2-5-12(6-3-1)7-4-8-13(11-12)14-9-10-15-13/h7,11H,1-6,8-10H2;2,5H,1,3-4,6-11H2/t2*12-/m10/s1. The molecule has 6 heteroatoms. The van der Waals surface area contributed by atoms with Crippen LogP contribution in [0.25, 0.3) is 0 Å². The van der Waals surface area contributed by atoms with Gasteiger partial charge in [-0.3, -0.25) is 0 Å². The van der Waals surface area contributed by atoms with E-state index in [9.17, 15) is 9.59 Å². The van der Waals surface area contributed by atoms with Crippen LogP contribution in [0.1, 0.15) is 89.9 Å². The van der Waals surface area contributed by atoms with Crippen molar-refractivity contribution in [3.8, 4) is 0 Å². The molecule has 3 spiro atoms. The van der Waals surface area contributed by atoms with E-state index in [1.165, 1.54) is 32.1 Å². The van der Waals surface area contributed by atoms with E-state index in [0.717, 1.165) is 70.7 Å². The lowest BCUT2D eigenvalue weighted by atomic mass is 9.67. The summed E-state index contributed by atoms with van der Waals surface area (Å²) in [6.07, 6.45) is 21.0. The third-order valence-corrected chi connectivity index (χ3v) is 8.10. The van der Waals surface area contributed by atoms with Crippen molar-refractivity contribution >= 4 is 12.6 Å². The Morgan fingerprint density at radius 3 is 1.97 bits per heavy atom. The molecule has 0 N–H and O–H groups in total. The van der Waals surface area contributed by atoms with Crippen LogP contribution in [0.5, 0.6) is 0 Å².